The average molecular weight is 461 g/mol. The molecule has 11 heteroatoms. The first-order valence-electron chi connectivity index (χ1n) is 12.0. The number of nitrogen functional groups attached to an aromatic ring is 1. The summed E-state index contributed by atoms with van der Waals surface area (Å²) in [7, 11) is 0. The smallest absolute Gasteiger partial charge is 0.450 e. The zero-order valence-electron chi connectivity index (χ0n) is 18.8. The fourth-order valence-electron chi connectivity index (χ4n) is 6.25. The maximum Gasteiger partial charge on any atom is 0.506 e. The Bertz CT molecular complexity index is 886. The van der Waals surface area contributed by atoms with Crippen molar-refractivity contribution >= 4 is 24.0 Å². The van der Waals surface area contributed by atoms with Gasteiger partial charge in [-0.25, -0.2) is 14.6 Å². The van der Waals surface area contributed by atoms with Gasteiger partial charge in [-0.1, -0.05) is 0 Å². The van der Waals surface area contributed by atoms with Gasteiger partial charge in [0.15, 0.2) is 0 Å². The quantitative estimate of drug-likeness (QED) is 0.644. The molecule has 0 spiro atoms. The van der Waals surface area contributed by atoms with E-state index in [0.717, 1.165) is 57.4 Å². The number of carbonyl (C=O) groups excluding carboxylic acids is 1. The molecule has 11 nitrogen and oxygen atoms in total. The topological polar surface area (TPSA) is 134 Å². The van der Waals surface area contributed by atoms with Crippen LogP contribution in [0.25, 0.3) is 0 Å². The molecule has 4 aliphatic rings. The molecule has 3 saturated heterocycles. The molecule has 4 fully saturated rings. The number of amides is 1. The first kappa shape index (κ1) is 22.0. The van der Waals surface area contributed by atoms with E-state index in [4.69, 9.17) is 20.3 Å². The van der Waals surface area contributed by atoms with Gasteiger partial charge in [0.1, 0.15) is 23.7 Å². The molecule has 1 aromatic heterocycles. The molecule has 0 aromatic carbocycles. The number of carboxylic acid groups (broad SMARTS) is 1. The van der Waals surface area contributed by atoms with Crippen molar-refractivity contribution in [2.24, 2.45) is 0 Å². The number of hydrogen-bond donors (Lipinski definition) is 2. The van der Waals surface area contributed by atoms with Crippen LogP contribution in [-0.4, -0.2) is 87.2 Å². The second kappa shape index (κ2) is 8.85. The van der Waals surface area contributed by atoms with E-state index in [2.05, 4.69) is 19.8 Å². The van der Waals surface area contributed by atoms with Crippen LogP contribution in [0.4, 0.5) is 21.4 Å². The van der Waals surface area contributed by atoms with Crippen LogP contribution in [0.5, 0.6) is 0 Å². The Balaban J connectivity index is 1.33. The molecule has 180 valence electrons. The first-order chi connectivity index (χ1) is 16.0. The molecule has 0 radical (unpaired) electrons. The Labute approximate surface area is 192 Å². The van der Waals surface area contributed by atoms with Crippen molar-refractivity contribution in [3.63, 3.8) is 0 Å². The van der Waals surface area contributed by atoms with Crippen LogP contribution >= 0.6 is 0 Å². The van der Waals surface area contributed by atoms with Gasteiger partial charge >= 0.3 is 12.2 Å². The highest BCUT2D eigenvalue weighted by molar-refractivity contribution is 5.72. The SMILES string of the molecule is Nc1nccc(N2CCC(N3C(=O)OC4CCCCC43N3CCC(OC(=O)O)CC3)CC2)n1. The number of piperidine rings is 2. The summed E-state index contributed by atoms with van der Waals surface area (Å²) in [6, 6.07) is 1.95. The van der Waals surface area contributed by atoms with Crippen LogP contribution in [0, 0.1) is 0 Å². The third-order valence-electron chi connectivity index (χ3n) is 7.70. The Hall–Kier alpha value is -2.82. The van der Waals surface area contributed by atoms with Crippen molar-refractivity contribution in [3.8, 4) is 0 Å². The minimum absolute atomic E-state index is 0.0871. The molecular formula is C22H32N6O5. The van der Waals surface area contributed by atoms with Crippen molar-refractivity contribution in [3.05, 3.63) is 12.3 Å². The highest BCUT2D eigenvalue weighted by Gasteiger charge is 2.61. The number of nitrogens with two attached hydrogens (primary N) is 1. The fourth-order valence-corrected chi connectivity index (χ4v) is 6.25. The highest BCUT2D eigenvalue weighted by Crippen LogP contribution is 2.47. The Morgan fingerprint density at radius 2 is 1.91 bits per heavy atom. The number of carbonyl (C=O) groups is 2. The minimum Gasteiger partial charge on any atom is -0.450 e. The van der Waals surface area contributed by atoms with Crippen LogP contribution < -0.4 is 10.6 Å². The molecule has 0 bridgehead atoms. The van der Waals surface area contributed by atoms with Gasteiger partial charge in [-0.05, 0) is 57.4 Å². The lowest BCUT2D eigenvalue weighted by molar-refractivity contribution is -0.110. The zero-order chi connectivity index (χ0) is 23.0. The summed E-state index contributed by atoms with van der Waals surface area (Å²) in [5, 5.41) is 8.97. The Morgan fingerprint density at radius 3 is 2.61 bits per heavy atom. The molecule has 2 atom stereocenters. The van der Waals surface area contributed by atoms with Gasteiger partial charge in [0, 0.05) is 38.4 Å². The lowest BCUT2D eigenvalue weighted by atomic mass is 9.81. The second-order valence-electron chi connectivity index (χ2n) is 9.43. The lowest BCUT2D eigenvalue weighted by Crippen LogP contribution is -2.68. The van der Waals surface area contributed by atoms with E-state index in [1.165, 1.54) is 0 Å². The van der Waals surface area contributed by atoms with Crippen LogP contribution in [0.2, 0.25) is 0 Å². The predicted molar refractivity (Wildman–Crippen MR) is 119 cm³/mol. The molecular weight excluding hydrogens is 428 g/mol. The number of aromatic nitrogens is 2. The first-order valence-corrected chi connectivity index (χ1v) is 12.0. The van der Waals surface area contributed by atoms with E-state index in [9.17, 15) is 9.59 Å². The molecule has 1 aromatic rings. The monoisotopic (exact) mass is 460 g/mol. The number of fused-ring (bicyclic) bond motifs is 1. The zero-order valence-corrected chi connectivity index (χ0v) is 18.8. The summed E-state index contributed by atoms with van der Waals surface area (Å²) in [6.07, 6.45) is 6.59. The normalized spacial score (nSPS) is 29.6. The predicted octanol–water partition coefficient (Wildman–Crippen LogP) is 2.28. The lowest BCUT2D eigenvalue weighted by Gasteiger charge is -2.54. The number of ether oxygens (including phenoxy) is 2. The molecule has 1 amide bonds. The van der Waals surface area contributed by atoms with Crippen LogP contribution in [0.1, 0.15) is 51.4 Å². The Morgan fingerprint density at radius 1 is 1.15 bits per heavy atom. The number of anilines is 2. The molecule has 4 heterocycles. The summed E-state index contributed by atoms with van der Waals surface area (Å²) in [5.41, 5.74) is 5.31. The van der Waals surface area contributed by atoms with Gasteiger partial charge in [-0.3, -0.25) is 9.80 Å². The van der Waals surface area contributed by atoms with Crippen molar-refractivity contribution < 1.29 is 24.2 Å². The summed E-state index contributed by atoms with van der Waals surface area (Å²) >= 11 is 0. The van der Waals surface area contributed by atoms with E-state index in [0.29, 0.717) is 25.9 Å². The van der Waals surface area contributed by atoms with Crippen molar-refractivity contribution in [1.82, 2.24) is 19.8 Å². The maximum atomic E-state index is 13.2. The van der Waals surface area contributed by atoms with Gasteiger partial charge in [-0.2, -0.15) is 4.98 Å². The van der Waals surface area contributed by atoms with Crippen molar-refractivity contribution in [2.75, 3.05) is 36.8 Å². The number of hydrogen-bond acceptors (Lipinski definition) is 9. The fraction of sp³-hybridized carbons (Fsp3) is 0.727. The summed E-state index contributed by atoms with van der Waals surface area (Å²) in [6.45, 7) is 2.95. The molecule has 3 aliphatic heterocycles. The summed E-state index contributed by atoms with van der Waals surface area (Å²) in [5.74, 6) is 1.08. The van der Waals surface area contributed by atoms with E-state index in [1.54, 1.807) is 6.20 Å². The third kappa shape index (κ3) is 4.03. The van der Waals surface area contributed by atoms with Gasteiger partial charge in [0.2, 0.25) is 5.95 Å². The van der Waals surface area contributed by atoms with Crippen LogP contribution in [0.15, 0.2) is 12.3 Å². The van der Waals surface area contributed by atoms with Crippen LogP contribution in [0.3, 0.4) is 0 Å². The van der Waals surface area contributed by atoms with Gasteiger partial charge in [0.25, 0.3) is 0 Å². The maximum absolute atomic E-state index is 13.2. The molecule has 1 aliphatic carbocycles. The van der Waals surface area contributed by atoms with Crippen molar-refractivity contribution in [2.45, 2.75) is 75.3 Å². The van der Waals surface area contributed by atoms with E-state index >= 15 is 0 Å². The molecule has 1 saturated carbocycles. The van der Waals surface area contributed by atoms with Gasteiger partial charge in [0.05, 0.1) is 0 Å². The number of nitrogens with zero attached hydrogens (tertiary/aromatic N) is 5. The van der Waals surface area contributed by atoms with Gasteiger partial charge in [-0.15, -0.1) is 0 Å². The third-order valence-corrected chi connectivity index (χ3v) is 7.70. The summed E-state index contributed by atoms with van der Waals surface area (Å²) < 4.78 is 11.0. The average Bonchev–Trinajstić information content (AvgIpc) is 3.12. The standard InChI is InChI=1S/C22H32N6O5/c23-19-24-10-4-18(25-19)26-11-5-15(6-12-26)28-20(29)33-17-3-1-2-9-22(17,28)27-13-7-16(8-14-27)32-21(30)31/h4,10,15-17H,1-3,5-9,11-14H2,(H,30,31)(H2,23,24,25). The number of likely N-dealkylation sites (tertiary alicyclic amines) is 1. The second-order valence-corrected chi connectivity index (χ2v) is 9.43. The molecule has 3 N–H and O–H groups in total. The van der Waals surface area contributed by atoms with E-state index < -0.39 is 11.8 Å². The summed E-state index contributed by atoms with van der Waals surface area (Å²) in [4.78, 5) is 39.1. The highest BCUT2D eigenvalue weighted by atomic mass is 16.7. The Kier molecular flexibility index (Phi) is 5.90. The molecule has 5 rings (SSSR count). The molecule has 2 unspecified atom stereocenters. The van der Waals surface area contributed by atoms with Crippen molar-refractivity contribution in [1.29, 1.82) is 0 Å². The van der Waals surface area contributed by atoms with E-state index in [1.807, 2.05) is 11.0 Å². The van der Waals surface area contributed by atoms with Gasteiger partial charge < -0.3 is 25.2 Å². The molecule has 33 heavy (non-hydrogen) atoms. The minimum atomic E-state index is -1.22. The number of rotatable bonds is 4. The van der Waals surface area contributed by atoms with E-state index in [-0.39, 0.29) is 30.3 Å². The largest absolute Gasteiger partial charge is 0.506 e. The van der Waals surface area contributed by atoms with Crippen LogP contribution in [-0.2, 0) is 9.47 Å².